The molecule has 2 heterocycles. The number of furan rings is 1. The van der Waals surface area contributed by atoms with Gasteiger partial charge in [-0.2, -0.15) is 0 Å². The molecule has 0 fully saturated rings. The topological polar surface area (TPSA) is 126 Å². The van der Waals surface area contributed by atoms with Crippen LogP contribution in [0.4, 0.5) is 5.69 Å². The van der Waals surface area contributed by atoms with Gasteiger partial charge < -0.3 is 20.6 Å². The maximum Gasteiger partial charge on any atom is 0.237 e. The quantitative estimate of drug-likeness (QED) is 0.318. The molecule has 0 aliphatic carbocycles. The molecule has 1 amide bonds. The van der Waals surface area contributed by atoms with Gasteiger partial charge in [0.2, 0.25) is 15.9 Å². The number of aromatic hydroxyl groups is 1. The van der Waals surface area contributed by atoms with Crippen LogP contribution in [0.15, 0.2) is 65.1 Å². The second-order valence-electron chi connectivity index (χ2n) is 10.4. The summed E-state index contributed by atoms with van der Waals surface area (Å²) >= 11 is 0. The summed E-state index contributed by atoms with van der Waals surface area (Å²) in [6, 6.07) is 17.6. The third kappa shape index (κ3) is 5.65. The molecular weight excluding hydrogens is 514 g/mol. The number of carbonyl (C=O) groups excluding carboxylic acids is 1. The number of nitrogens with one attached hydrogen (secondary N) is 1. The number of hydrogen-bond donors (Lipinski definition) is 3. The molecule has 3 aromatic carbocycles. The van der Waals surface area contributed by atoms with Gasteiger partial charge in [0.15, 0.2) is 0 Å². The fraction of sp³-hybridized carbons (Fsp3) is 0.300. The molecule has 9 heteroatoms. The molecule has 1 aliphatic heterocycles. The van der Waals surface area contributed by atoms with Crippen molar-refractivity contribution in [3.05, 3.63) is 94.2 Å². The Bertz CT molecular complexity index is 1600. The fourth-order valence-electron chi connectivity index (χ4n) is 5.45. The summed E-state index contributed by atoms with van der Waals surface area (Å²) in [5, 5.41) is 13.9. The number of phenols is 1. The normalized spacial score (nSPS) is 16.2. The van der Waals surface area contributed by atoms with Crippen LogP contribution in [0.25, 0.3) is 11.0 Å². The lowest BCUT2D eigenvalue weighted by atomic mass is 9.93. The highest BCUT2D eigenvalue weighted by Crippen LogP contribution is 2.37. The number of nitrogens with two attached hydrogens (primary N) is 1. The number of aryl methyl sites for hydroxylation is 2. The fourth-order valence-corrected chi connectivity index (χ4v) is 6.41. The van der Waals surface area contributed by atoms with E-state index < -0.39 is 22.1 Å². The molecule has 2 atom stereocenters. The van der Waals surface area contributed by atoms with E-state index in [2.05, 4.69) is 5.32 Å². The molecule has 0 bridgehead atoms. The summed E-state index contributed by atoms with van der Waals surface area (Å²) in [6.45, 7) is 4.02. The zero-order chi connectivity index (χ0) is 27.9. The number of nitrogens with zero attached hydrogens (tertiary/aromatic N) is 1. The lowest BCUT2D eigenvalue weighted by Crippen LogP contribution is -2.46. The van der Waals surface area contributed by atoms with E-state index in [0.29, 0.717) is 24.9 Å². The van der Waals surface area contributed by atoms with E-state index in [-0.39, 0.29) is 18.2 Å². The van der Waals surface area contributed by atoms with Gasteiger partial charge in [-0.05, 0) is 84.8 Å². The van der Waals surface area contributed by atoms with E-state index in [1.54, 1.807) is 18.2 Å². The van der Waals surface area contributed by atoms with E-state index in [1.807, 2.05) is 56.3 Å². The minimum atomic E-state index is -3.49. The predicted octanol–water partition coefficient (Wildman–Crippen LogP) is 4.24. The summed E-state index contributed by atoms with van der Waals surface area (Å²) < 4.78 is 32.5. The maximum atomic E-state index is 13.2. The number of para-hydroxylation sites is 1. The van der Waals surface area contributed by atoms with Crippen molar-refractivity contribution < 1.29 is 22.7 Å². The second kappa shape index (κ2) is 10.4. The van der Waals surface area contributed by atoms with Crippen LogP contribution in [-0.4, -0.2) is 38.3 Å². The first-order valence-corrected chi connectivity index (χ1v) is 14.8. The van der Waals surface area contributed by atoms with Gasteiger partial charge in [-0.3, -0.25) is 9.10 Å². The number of amides is 1. The van der Waals surface area contributed by atoms with Gasteiger partial charge in [-0.25, -0.2) is 8.42 Å². The van der Waals surface area contributed by atoms with Crippen molar-refractivity contribution in [2.45, 2.75) is 45.2 Å². The average Bonchev–Trinajstić information content (AvgIpc) is 3.27. The highest BCUT2D eigenvalue weighted by atomic mass is 32.2. The summed E-state index contributed by atoms with van der Waals surface area (Å²) in [5.74, 6) is 0.668. The van der Waals surface area contributed by atoms with Crippen molar-refractivity contribution in [3.8, 4) is 5.75 Å². The van der Waals surface area contributed by atoms with E-state index in [4.69, 9.17) is 10.2 Å². The molecule has 4 aromatic rings. The van der Waals surface area contributed by atoms with Crippen LogP contribution in [-0.2, 0) is 27.7 Å². The first kappa shape index (κ1) is 26.8. The third-order valence-corrected chi connectivity index (χ3v) is 8.55. The van der Waals surface area contributed by atoms with Gasteiger partial charge in [0.1, 0.15) is 17.1 Å². The van der Waals surface area contributed by atoms with Crippen molar-refractivity contribution in [2.24, 2.45) is 5.73 Å². The highest BCUT2D eigenvalue weighted by molar-refractivity contribution is 7.92. The van der Waals surface area contributed by atoms with Crippen molar-refractivity contribution in [1.29, 1.82) is 0 Å². The molecule has 4 N–H and O–H groups in total. The number of hydrogen-bond acceptors (Lipinski definition) is 6. The Morgan fingerprint density at radius 1 is 1.13 bits per heavy atom. The lowest BCUT2D eigenvalue weighted by molar-refractivity contribution is -0.123. The van der Waals surface area contributed by atoms with Crippen LogP contribution in [0.1, 0.15) is 46.0 Å². The average molecular weight is 548 g/mol. The Hall–Kier alpha value is -3.82. The van der Waals surface area contributed by atoms with Crippen LogP contribution in [0.5, 0.6) is 5.75 Å². The smallest absolute Gasteiger partial charge is 0.237 e. The molecule has 1 aliphatic rings. The zero-order valence-corrected chi connectivity index (χ0v) is 23.1. The highest BCUT2D eigenvalue weighted by Gasteiger charge is 2.32. The van der Waals surface area contributed by atoms with Gasteiger partial charge in [0.25, 0.3) is 0 Å². The lowest BCUT2D eigenvalue weighted by Gasteiger charge is -2.35. The van der Waals surface area contributed by atoms with Gasteiger partial charge in [-0.15, -0.1) is 0 Å². The first-order chi connectivity index (χ1) is 18.5. The Kier molecular flexibility index (Phi) is 7.13. The minimum Gasteiger partial charge on any atom is -0.508 e. The third-order valence-electron chi connectivity index (χ3n) is 7.37. The molecule has 0 saturated heterocycles. The Morgan fingerprint density at radius 3 is 2.54 bits per heavy atom. The molecular formula is C30H33N3O5S. The zero-order valence-electron chi connectivity index (χ0n) is 22.3. The van der Waals surface area contributed by atoms with E-state index in [9.17, 15) is 18.3 Å². The minimum absolute atomic E-state index is 0.180. The molecule has 39 heavy (non-hydrogen) atoms. The van der Waals surface area contributed by atoms with Crippen molar-refractivity contribution in [3.63, 3.8) is 0 Å². The Morgan fingerprint density at radius 2 is 1.85 bits per heavy atom. The maximum absolute atomic E-state index is 13.2. The van der Waals surface area contributed by atoms with Gasteiger partial charge in [0.05, 0.1) is 24.0 Å². The van der Waals surface area contributed by atoms with Crippen LogP contribution in [0.3, 0.4) is 0 Å². The van der Waals surface area contributed by atoms with E-state index in [0.717, 1.165) is 44.5 Å². The SMILES string of the molecule is Cc1cc(O)cc(C)c1C[C@H](N)C(=O)N[C@@H]1CCN(S(C)(=O)=O)c2ccc(Cc3cc4ccccc4o3)cc21. The van der Waals surface area contributed by atoms with E-state index in [1.165, 1.54) is 10.6 Å². The number of fused-ring (bicyclic) bond motifs is 2. The van der Waals surface area contributed by atoms with Crippen molar-refractivity contribution in [1.82, 2.24) is 5.32 Å². The molecule has 1 aromatic heterocycles. The Balaban J connectivity index is 1.40. The molecule has 0 saturated carbocycles. The number of benzene rings is 3. The number of rotatable bonds is 7. The van der Waals surface area contributed by atoms with Crippen LogP contribution in [0.2, 0.25) is 0 Å². The van der Waals surface area contributed by atoms with Gasteiger partial charge in [0, 0.05) is 18.4 Å². The molecule has 0 radical (unpaired) electrons. The summed E-state index contributed by atoms with van der Waals surface area (Å²) in [5.41, 5.74) is 12.1. The van der Waals surface area contributed by atoms with E-state index >= 15 is 0 Å². The molecule has 5 rings (SSSR count). The van der Waals surface area contributed by atoms with Crippen LogP contribution >= 0.6 is 0 Å². The van der Waals surface area contributed by atoms with Gasteiger partial charge in [-0.1, -0.05) is 30.3 Å². The summed E-state index contributed by atoms with van der Waals surface area (Å²) in [4.78, 5) is 13.2. The second-order valence-corrected chi connectivity index (χ2v) is 12.3. The number of carbonyl (C=O) groups is 1. The summed E-state index contributed by atoms with van der Waals surface area (Å²) in [7, 11) is -3.49. The largest absolute Gasteiger partial charge is 0.508 e. The van der Waals surface area contributed by atoms with Crippen LogP contribution in [0, 0.1) is 13.8 Å². The molecule has 8 nitrogen and oxygen atoms in total. The first-order valence-electron chi connectivity index (χ1n) is 12.9. The van der Waals surface area contributed by atoms with Crippen molar-refractivity contribution >= 4 is 32.6 Å². The number of phenolic OH excluding ortho intramolecular Hbond substituents is 1. The monoisotopic (exact) mass is 547 g/mol. The van der Waals surface area contributed by atoms with Gasteiger partial charge >= 0.3 is 0 Å². The molecule has 0 spiro atoms. The number of anilines is 1. The summed E-state index contributed by atoms with van der Waals surface area (Å²) in [6.07, 6.45) is 2.46. The molecule has 0 unspecified atom stereocenters. The number of sulfonamides is 1. The van der Waals surface area contributed by atoms with Crippen LogP contribution < -0.4 is 15.4 Å². The standard InChI is InChI=1S/C30H33N3O5S/c1-18-12-22(34)13-19(2)24(18)17-26(31)30(35)32-27-10-11-33(39(3,36)37)28-9-8-20(15-25(27)28)14-23-16-21-6-4-5-7-29(21)38-23/h4-9,12-13,15-16,26-27,34H,10-11,14,17,31H2,1-3H3,(H,32,35)/t26-,27+/m0/s1. The molecule has 204 valence electrons. The Labute approximate surface area is 228 Å². The van der Waals surface area contributed by atoms with Crippen molar-refractivity contribution in [2.75, 3.05) is 17.1 Å². The predicted molar refractivity (Wildman–Crippen MR) is 152 cm³/mol.